The van der Waals surface area contributed by atoms with Crippen molar-refractivity contribution in [2.24, 2.45) is 4.99 Å². The largest absolute Gasteiger partial charge is 0.317 e. The first-order valence-electron chi connectivity index (χ1n) is 14.2. The van der Waals surface area contributed by atoms with Crippen LogP contribution in [0.5, 0.6) is 0 Å². The number of carbonyl (C=O) groups is 1. The number of hydrogen-bond donors (Lipinski definition) is 1. The smallest absolute Gasteiger partial charge is 0.291 e. The fraction of sp³-hybridized carbons (Fsp3) is 0.147. The molecule has 0 bridgehead atoms. The number of amides is 1. The predicted molar refractivity (Wildman–Crippen MR) is 172 cm³/mol. The molecule has 4 aromatic carbocycles. The van der Waals surface area contributed by atoms with E-state index in [4.69, 9.17) is 21.7 Å². The summed E-state index contributed by atoms with van der Waals surface area (Å²) in [5, 5.41) is 8.41. The molecule has 0 saturated carbocycles. The molecule has 10 heteroatoms. The third-order valence-corrected chi connectivity index (χ3v) is 10.1. The quantitative estimate of drug-likeness (QED) is 0.221. The van der Waals surface area contributed by atoms with Gasteiger partial charge in [-0.1, -0.05) is 61.8 Å². The molecule has 1 aromatic heterocycles. The topological polar surface area (TPSA) is 96.7 Å². The van der Waals surface area contributed by atoms with Gasteiger partial charge in [0, 0.05) is 10.6 Å². The number of sulfone groups is 1. The van der Waals surface area contributed by atoms with Crippen LogP contribution in [0, 0.1) is 6.92 Å². The van der Waals surface area contributed by atoms with E-state index in [1.54, 1.807) is 41.1 Å². The zero-order chi connectivity index (χ0) is 30.7. The molecule has 5 aromatic rings. The van der Waals surface area contributed by atoms with Gasteiger partial charge in [0.15, 0.2) is 5.82 Å². The summed E-state index contributed by atoms with van der Waals surface area (Å²) in [7, 11) is -3.72. The summed E-state index contributed by atoms with van der Waals surface area (Å²) >= 11 is 6.25. The number of fused-ring (bicyclic) bond motifs is 4. The average molecular weight is 622 g/mol. The highest BCUT2D eigenvalue weighted by Gasteiger charge is 2.42. The van der Waals surface area contributed by atoms with E-state index in [2.05, 4.69) is 19.2 Å². The number of nitrogens with zero attached hydrogens (tertiary/aromatic N) is 4. The van der Waals surface area contributed by atoms with Crippen LogP contribution in [-0.4, -0.2) is 29.9 Å². The fourth-order valence-corrected chi connectivity index (χ4v) is 7.20. The number of amidine groups is 1. The first-order valence-corrected chi connectivity index (χ1v) is 16.1. The molecule has 2 aliphatic rings. The van der Waals surface area contributed by atoms with E-state index in [1.807, 2.05) is 72.5 Å². The van der Waals surface area contributed by atoms with Gasteiger partial charge in [0.2, 0.25) is 15.7 Å². The fourth-order valence-electron chi connectivity index (χ4n) is 5.82. The highest BCUT2D eigenvalue weighted by Crippen LogP contribution is 2.47. The van der Waals surface area contributed by atoms with E-state index >= 15 is 0 Å². The number of aryl methyl sites for hydroxylation is 1. The van der Waals surface area contributed by atoms with Crippen LogP contribution in [0.1, 0.15) is 48.2 Å². The van der Waals surface area contributed by atoms with E-state index < -0.39 is 15.9 Å². The number of rotatable bonds is 5. The number of hydrogen-bond acceptors (Lipinski definition) is 6. The van der Waals surface area contributed by atoms with E-state index in [0.717, 1.165) is 28.1 Å². The molecule has 0 saturated heterocycles. The molecule has 44 heavy (non-hydrogen) atoms. The maximum absolute atomic E-state index is 13.4. The van der Waals surface area contributed by atoms with E-state index in [-0.39, 0.29) is 21.5 Å². The minimum absolute atomic E-state index is 0.177. The molecule has 1 amide bonds. The number of benzene rings is 4. The van der Waals surface area contributed by atoms with Crippen LogP contribution in [0.25, 0.3) is 5.69 Å². The van der Waals surface area contributed by atoms with Gasteiger partial charge in [-0.15, -0.1) is 0 Å². The van der Waals surface area contributed by atoms with Crippen LogP contribution in [0.3, 0.4) is 0 Å². The van der Waals surface area contributed by atoms with Crippen molar-refractivity contribution in [1.82, 2.24) is 9.78 Å². The Kier molecular flexibility index (Phi) is 6.68. The van der Waals surface area contributed by atoms with Crippen LogP contribution in [0.15, 0.2) is 112 Å². The Hall–Kier alpha value is -4.73. The predicted octanol–water partition coefficient (Wildman–Crippen LogP) is 7.38. The van der Waals surface area contributed by atoms with Crippen LogP contribution in [0.4, 0.5) is 17.2 Å². The number of nitrogens with one attached hydrogen (secondary N) is 1. The third kappa shape index (κ3) is 4.51. The van der Waals surface area contributed by atoms with Crippen LogP contribution in [-0.2, 0) is 14.6 Å². The third-order valence-electron chi connectivity index (χ3n) is 8.10. The van der Waals surface area contributed by atoms with Gasteiger partial charge < -0.3 is 10.2 Å². The normalized spacial score (nSPS) is 15.8. The zero-order valence-electron chi connectivity index (χ0n) is 24.2. The summed E-state index contributed by atoms with van der Waals surface area (Å²) < 4.78 is 28.5. The number of anilines is 2. The number of aliphatic imine (C=N–C) groups is 1. The maximum atomic E-state index is 13.4. The Balaban J connectivity index is 1.34. The second-order valence-electron chi connectivity index (χ2n) is 11.2. The van der Waals surface area contributed by atoms with Crippen molar-refractivity contribution >= 4 is 50.4 Å². The molecule has 0 radical (unpaired) electrons. The molecule has 1 N–H and O–H groups in total. The zero-order valence-corrected chi connectivity index (χ0v) is 25.8. The van der Waals surface area contributed by atoms with Gasteiger partial charge in [0.05, 0.1) is 38.6 Å². The Morgan fingerprint density at radius 2 is 1.50 bits per heavy atom. The first kappa shape index (κ1) is 28.1. The molecule has 0 aliphatic carbocycles. The van der Waals surface area contributed by atoms with E-state index in [9.17, 15) is 13.2 Å². The molecule has 1 unspecified atom stereocenters. The van der Waals surface area contributed by atoms with Gasteiger partial charge in [-0.25, -0.2) is 18.1 Å². The molecular weight excluding hydrogens is 594 g/mol. The molecule has 220 valence electrons. The summed E-state index contributed by atoms with van der Waals surface area (Å²) in [4.78, 5) is 20.7. The molecule has 1 atom stereocenters. The standard InChI is InChI=1S/C34H28ClN5O3S/c1-20(2)22-10-16-26(17-11-22)44(42,43)27-18-14-25(15-19-27)40-32-30(21(3)38-40)31(23-8-12-24(35)13-9-23)39-29-7-5-4-6-28(29)36-34(41)33(39)37-32/h4-20,31H,1-3H3,(H,36,41). The van der Waals surface area contributed by atoms with Crippen molar-refractivity contribution < 1.29 is 13.2 Å². The lowest BCUT2D eigenvalue weighted by atomic mass is 9.93. The molecule has 0 spiro atoms. The lowest BCUT2D eigenvalue weighted by Gasteiger charge is -2.40. The van der Waals surface area contributed by atoms with Crippen LogP contribution in [0.2, 0.25) is 5.02 Å². The van der Waals surface area contributed by atoms with Crippen molar-refractivity contribution in [2.75, 3.05) is 10.2 Å². The van der Waals surface area contributed by atoms with Crippen LogP contribution < -0.4 is 10.2 Å². The lowest BCUT2D eigenvalue weighted by Crippen LogP contribution is -2.48. The van der Waals surface area contributed by atoms with Crippen molar-refractivity contribution in [2.45, 2.75) is 42.5 Å². The summed E-state index contributed by atoms with van der Waals surface area (Å²) in [5.41, 5.74) is 5.69. The number of halogens is 1. The van der Waals surface area contributed by atoms with Gasteiger partial charge >= 0.3 is 0 Å². The van der Waals surface area contributed by atoms with E-state index in [1.165, 1.54) is 0 Å². The van der Waals surface area contributed by atoms with Gasteiger partial charge in [-0.3, -0.25) is 4.79 Å². The SMILES string of the molecule is Cc1nn(-c2ccc(S(=O)(=O)c3ccc(C(C)C)cc3)cc2)c2c1C(c1ccc(Cl)cc1)N1C(=N2)C(=O)Nc2ccccc21. The number of para-hydroxylation sites is 2. The Labute approximate surface area is 260 Å². The average Bonchev–Trinajstić information content (AvgIpc) is 3.36. The van der Waals surface area contributed by atoms with Crippen molar-refractivity contribution in [3.8, 4) is 5.69 Å². The van der Waals surface area contributed by atoms with Crippen LogP contribution >= 0.6 is 11.6 Å². The van der Waals surface area contributed by atoms with Gasteiger partial charge in [0.25, 0.3) is 5.91 Å². The Morgan fingerprint density at radius 1 is 0.864 bits per heavy atom. The molecule has 0 fully saturated rings. The molecule has 7 rings (SSSR count). The maximum Gasteiger partial charge on any atom is 0.291 e. The van der Waals surface area contributed by atoms with Crippen molar-refractivity contribution in [3.63, 3.8) is 0 Å². The summed E-state index contributed by atoms with van der Waals surface area (Å²) in [6.07, 6.45) is 0. The monoisotopic (exact) mass is 621 g/mol. The van der Waals surface area contributed by atoms with E-state index in [0.29, 0.717) is 28.1 Å². The van der Waals surface area contributed by atoms with Crippen molar-refractivity contribution in [3.05, 3.63) is 124 Å². The molecular formula is C34H28ClN5O3S. The van der Waals surface area contributed by atoms with Gasteiger partial charge in [0.1, 0.15) is 0 Å². The molecule has 3 heterocycles. The van der Waals surface area contributed by atoms with Gasteiger partial charge in [-0.2, -0.15) is 5.10 Å². The molecule has 2 aliphatic heterocycles. The number of carbonyl (C=O) groups excluding carboxylic acids is 1. The molecule has 8 nitrogen and oxygen atoms in total. The highest BCUT2D eigenvalue weighted by atomic mass is 35.5. The summed E-state index contributed by atoms with van der Waals surface area (Å²) in [6, 6.07) is 28.3. The van der Waals surface area contributed by atoms with Gasteiger partial charge in [-0.05, 0) is 84.6 Å². The minimum atomic E-state index is -3.72. The Bertz CT molecular complexity index is 2070. The summed E-state index contributed by atoms with van der Waals surface area (Å²) in [5.74, 6) is 0.715. The van der Waals surface area contributed by atoms with Crippen molar-refractivity contribution in [1.29, 1.82) is 0 Å². The Morgan fingerprint density at radius 3 is 2.16 bits per heavy atom. The first-order chi connectivity index (χ1) is 21.1. The summed E-state index contributed by atoms with van der Waals surface area (Å²) in [6.45, 7) is 6.05. The second kappa shape index (κ2) is 10.5. The second-order valence-corrected chi connectivity index (χ2v) is 13.6. The number of aromatic nitrogens is 2. The lowest BCUT2D eigenvalue weighted by molar-refractivity contribution is -0.110. The minimum Gasteiger partial charge on any atom is -0.317 e. The highest BCUT2D eigenvalue weighted by molar-refractivity contribution is 7.91.